The van der Waals surface area contributed by atoms with E-state index in [0.29, 0.717) is 25.5 Å². The molecule has 2 rings (SSSR count). The van der Waals surface area contributed by atoms with Gasteiger partial charge in [-0.3, -0.25) is 4.79 Å². The fourth-order valence-corrected chi connectivity index (χ4v) is 3.29. The molecule has 0 spiro atoms. The lowest BCUT2D eigenvalue weighted by Gasteiger charge is -2.19. The minimum Gasteiger partial charge on any atom is -0.492 e. The smallest absolute Gasteiger partial charge is 0.407 e. The average molecular weight is 529 g/mol. The zero-order valence-corrected chi connectivity index (χ0v) is 22.8. The predicted molar refractivity (Wildman–Crippen MR) is 144 cm³/mol. The third kappa shape index (κ3) is 13.1. The van der Waals surface area contributed by atoms with E-state index in [4.69, 9.17) is 18.9 Å². The molecule has 0 saturated heterocycles. The third-order valence-corrected chi connectivity index (χ3v) is 5.07. The van der Waals surface area contributed by atoms with E-state index in [2.05, 4.69) is 10.6 Å². The van der Waals surface area contributed by atoms with Gasteiger partial charge in [0, 0.05) is 19.4 Å². The summed E-state index contributed by atoms with van der Waals surface area (Å²) in [6.45, 7) is 8.94. The van der Waals surface area contributed by atoms with Gasteiger partial charge in [-0.25, -0.2) is 9.59 Å². The van der Waals surface area contributed by atoms with Crippen LogP contribution in [0.2, 0.25) is 0 Å². The van der Waals surface area contributed by atoms with Crippen molar-refractivity contribution in [1.29, 1.82) is 0 Å². The van der Waals surface area contributed by atoms with E-state index >= 15 is 0 Å². The van der Waals surface area contributed by atoms with Crippen LogP contribution in [0.15, 0.2) is 54.6 Å². The van der Waals surface area contributed by atoms with Crippen LogP contribution >= 0.6 is 0 Å². The second kappa shape index (κ2) is 16.3. The highest BCUT2D eigenvalue weighted by Gasteiger charge is 2.23. The normalized spacial score (nSPS) is 11.8. The lowest BCUT2D eigenvalue weighted by Crippen LogP contribution is -2.43. The Bertz CT molecular complexity index is 988. The van der Waals surface area contributed by atoms with E-state index in [1.54, 1.807) is 32.9 Å². The van der Waals surface area contributed by atoms with Gasteiger partial charge in [0.15, 0.2) is 0 Å². The topological polar surface area (TPSA) is 112 Å². The van der Waals surface area contributed by atoms with Gasteiger partial charge >= 0.3 is 12.1 Å². The summed E-state index contributed by atoms with van der Waals surface area (Å²) in [7, 11) is 0. The van der Waals surface area contributed by atoms with Crippen LogP contribution in [0.25, 0.3) is 0 Å². The van der Waals surface area contributed by atoms with Crippen LogP contribution in [-0.4, -0.2) is 56.0 Å². The van der Waals surface area contributed by atoms with E-state index in [9.17, 15) is 14.4 Å². The Kier molecular flexibility index (Phi) is 13.1. The number of alkyl carbamates (subject to hydrolysis) is 1. The van der Waals surface area contributed by atoms with Gasteiger partial charge in [0.05, 0.1) is 13.2 Å². The molecule has 0 unspecified atom stereocenters. The first kappa shape index (κ1) is 30.6. The first-order chi connectivity index (χ1) is 18.2. The summed E-state index contributed by atoms with van der Waals surface area (Å²) in [6, 6.07) is 15.7. The van der Waals surface area contributed by atoms with Gasteiger partial charge in [0.1, 0.15) is 30.6 Å². The molecule has 1 atom stereocenters. The average Bonchev–Trinajstić information content (AvgIpc) is 2.88. The number of amides is 2. The summed E-state index contributed by atoms with van der Waals surface area (Å²) in [5.41, 5.74) is 1.13. The monoisotopic (exact) mass is 528 g/mol. The number of carbonyl (C=O) groups is 3. The van der Waals surface area contributed by atoms with Crippen LogP contribution in [0.4, 0.5) is 4.79 Å². The van der Waals surface area contributed by atoms with Crippen molar-refractivity contribution in [2.45, 2.75) is 65.2 Å². The first-order valence-corrected chi connectivity index (χ1v) is 12.9. The molecule has 2 N–H and O–H groups in total. The molecule has 0 radical (unpaired) electrons. The van der Waals surface area contributed by atoms with E-state index in [1.807, 2.05) is 49.4 Å². The zero-order chi connectivity index (χ0) is 27.8. The number of esters is 1. The van der Waals surface area contributed by atoms with E-state index in [-0.39, 0.29) is 32.0 Å². The van der Waals surface area contributed by atoms with Crippen molar-refractivity contribution in [2.75, 3.05) is 26.4 Å². The molecule has 9 nitrogen and oxygen atoms in total. The van der Waals surface area contributed by atoms with Crippen LogP contribution in [0.1, 0.15) is 51.7 Å². The van der Waals surface area contributed by atoms with Gasteiger partial charge in [0.2, 0.25) is 5.91 Å². The fraction of sp³-hybridized carbons (Fsp3) is 0.483. The second-order valence-corrected chi connectivity index (χ2v) is 9.70. The molecule has 0 heterocycles. The molecule has 0 aliphatic heterocycles. The van der Waals surface area contributed by atoms with Crippen LogP contribution in [0, 0.1) is 0 Å². The lowest BCUT2D eigenvalue weighted by atomic mass is 10.1. The lowest BCUT2D eigenvalue weighted by molar-refractivity contribution is -0.149. The fourth-order valence-electron chi connectivity index (χ4n) is 3.29. The maximum absolute atomic E-state index is 12.9. The molecular weight excluding hydrogens is 488 g/mol. The molecule has 0 saturated carbocycles. The zero-order valence-electron chi connectivity index (χ0n) is 22.8. The van der Waals surface area contributed by atoms with E-state index in [1.165, 1.54) is 0 Å². The molecule has 0 fully saturated rings. The van der Waals surface area contributed by atoms with Gasteiger partial charge < -0.3 is 29.6 Å². The van der Waals surface area contributed by atoms with Crippen LogP contribution < -0.4 is 15.4 Å². The standard InChI is InChI=1S/C29H40N2O7/c1-5-17-35-18-15-26(32)31-25(27(33)37-21-23-9-7-6-8-10-23)20-22-11-13-24(14-12-22)36-19-16-30-28(34)38-29(2,3)4/h6-14,25H,5,15-21H2,1-4H3,(H,30,34)(H,31,32)/t25-/m0/s1. The Morgan fingerprint density at radius 3 is 2.26 bits per heavy atom. The largest absolute Gasteiger partial charge is 0.492 e. The molecule has 2 aromatic carbocycles. The van der Waals surface area contributed by atoms with Crippen LogP contribution in [-0.2, 0) is 36.8 Å². The SMILES string of the molecule is CCCOCCC(=O)N[C@@H](Cc1ccc(OCCNC(=O)OC(C)(C)C)cc1)C(=O)OCc1ccccc1. The number of rotatable bonds is 15. The predicted octanol–water partition coefficient (Wildman–Crippen LogP) is 4.18. The third-order valence-electron chi connectivity index (χ3n) is 5.07. The summed E-state index contributed by atoms with van der Waals surface area (Å²) >= 11 is 0. The summed E-state index contributed by atoms with van der Waals surface area (Å²) in [4.78, 5) is 37.0. The second-order valence-electron chi connectivity index (χ2n) is 9.70. The number of ether oxygens (including phenoxy) is 4. The minimum absolute atomic E-state index is 0.121. The summed E-state index contributed by atoms with van der Waals surface area (Å²) in [5.74, 6) is -0.175. The number of nitrogens with one attached hydrogen (secondary N) is 2. The summed E-state index contributed by atoms with van der Waals surface area (Å²) < 4.78 is 21.7. The van der Waals surface area contributed by atoms with Crippen molar-refractivity contribution in [3.8, 4) is 5.75 Å². The number of carbonyl (C=O) groups excluding carboxylic acids is 3. The van der Waals surface area contributed by atoms with Gasteiger partial charge in [-0.2, -0.15) is 0 Å². The molecule has 0 aliphatic rings. The van der Waals surface area contributed by atoms with Crippen molar-refractivity contribution in [3.05, 3.63) is 65.7 Å². The Balaban J connectivity index is 1.90. The molecular formula is C29H40N2O7. The molecule has 9 heteroatoms. The Hall–Kier alpha value is -3.59. The highest BCUT2D eigenvalue weighted by Crippen LogP contribution is 2.15. The number of hydrogen-bond donors (Lipinski definition) is 2. The molecule has 2 amide bonds. The maximum atomic E-state index is 12.9. The van der Waals surface area contributed by atoms with Gasteiger partial charge in [-0.1, -0.05) is 49.4 Å². The minimum atomic E-state index is -0.845. The Labute approximate surface area is 225 Å². The first-order valence-electron chi connectivity index (χ1n) is 12.9. The van der Waals surface area contributed by atoms with E-state index in [0.717, 1.165) is 17.5 Å². The molecule has 0 aromatic heterocycles. The van der Waals surface area contributed by atoms with Crippen molar-refractivity contribution in [1.82, 2.24) is 10.6 Å². The van der Waals surface area contributed by atoms with Gasteiger partial charge in [-0.05, 0) is 50.5 Å². The van der Waals surface area contributed by atoms with Crippen molar-refractivity contribution in [2.24, 2.45) is 0 Å². The quantitative estimate of drug-likeness (QED) is 0.263. The molecule has 0 bridgehead atoms. The van der Waals surface area contributed by atoms with Crippen LogP contribution in [0.3, 0.4) is 0 Å². The van der Waals surface area contributed by atoms with Crippen LogP contribution in [0.5, 0.6) is 5.75 Å². The summed E-state index contributed by atoms with van der Waals surface area (Å²) in [6.07, 6.45) is 0.791. The highest BCUT2D eigenvalue weighted by atomic mass is 16.6. The van der Waals surface area contributed by atoms with Gasteiger partial charge in [-0.15, -0.1) is 0 Å². The molecule has 0 aliphatic carbocycles. The Morgan fingerprint density at radius 1 is 0.895 bits per heavy atom. The molecule has 38 heavy (non-hydrogen) atoms. The van der Waals surface area contributed by atoms with E-state index < -0.39 is 23.7 Å². The highest BCUT2D eigenvalue weighted by molar-refractivity contribution is 5.84. The van der Waals surface area contributed by atoms with Gasteiger partial charge in [0.25, 0.3) is 0 Å². The summed E-state index contributed by atoms with van der Waals surface area (Å²) in [5, 5.41) is 5.42. The Morgan fingerprint density at radius 2 is 1.61 bits per heavy atom. The van der Waals surface area contributed by atoms with Crippen molar-refractivity contribution in [3.63, 3.8) is 0 Å². The molecule has 208 valence electrons. The molecule has 2 aromatic rings. The van der Waals surface area contributed by atoms with Crippen molar-refractivity contribution < 1.29 is 33.3 Å². The van der Waals surface area contributed by atoms with Crippen molar-refractivity contribution >= 4 is 18.0 Å². The maximum Gasteiger partial charge on any atom is 0.407 e. The number of benzene rings is 2. The number of hydrogen-bond acceptors (Lipinski definition) is 7.